The van der Waals surface area contributed by atoms with Gasteiger partial charge in [-0.2, -0.15) is 0 Å². The Morgan fingerprint density at radius 2 is 0.638 bits per heavy atom. The summed E-state index contributed by atoms with van der Waals surface area (Å²) < 4.78 is 0. The van der Waals surface area contributed by atoms with Gasteiger partial charge < -0.3 is 9.80 Å². The van der Waals surface area contributed by atoms with Crippen molar-refractivity contribution in [3.05, 3.63) is 204 Å². The number of thioether (sulfide) groups is 2. The van der Waals surface area contributed by atoms with Crippen molar-refractivity contribution in [2.24, 2.45) is 0 Å². The van der Waals surface area contributed by atoms with Crippen LogP contribution in [0.25, 0.3) is 0 Å². The van der Waals surface area contributed by atoms with Crippen molar-refractivity contribution < 1.29 is 9.59 Å². The van der Waals surface area contributed by atoms with E-state index in [0.29, 0.717) is 22.5 Å². The molecule has 0 aromatic heterocycles. The summed E-state index contributed by atoms with van der Waals surface area (Å²) in [6.07, 6.45) is 0. The molecule has 0 spiro atoms. The van der Waals surface area contributed by atoms with E-state index in [4.69, 9.17) is 0 Å². The van der Waals surface area contributed by atoms with Crippen molar-refractivity contribution >= 4 is 67.9 Å². The molecule has 0 atom stereocenters. The first-order chi connectivity index (χ1) is 27.9. The molecule has 7 aromatic carbocycles. The Bertz CT molecular complexity index is 2220. The van der Waals surface area contributed by atoms with Gasteiger partial charge in [0.05, 0.1) is 22.5 Å². The molecule has 0 fully saturated rings. The number of carbonyl (C=O) groups excluding carboxylic acids is 2. The summed E-state index contributed by atoms with van der Waals surface area (Å²) in [5, 5.41) is -0.274. The lowest BCUT2D eigenvalue weighted by Crippen LogP contribution is -2.18. The minimum atomic E-state index is -0.137. The van der Waals surface area contributed by atoms with E-state index in [1.807, 2.05) is 158 Å². The molecule has 0 bridgehead atoms. The molecule has 7 rings (SSSR count). The summed E-state index contributed by atoms with van der Waals surface area (Å²) in [6.45, 7) is 13.1. The number of para-hydroxylation sites is 4. The lowest BCUT2D eigenvalue weighted by molar-refractivity contribution is 0.107. The Labute approximate surface area is 352 Å². The van der Waals surface area contributed by atoms with Crippen LogP contribution in [0.4, 0.5) is 34.1 Å². The number of hydrogen-bond acceptors (Lipinski definition) is 6. The zero-order valence-corrected chi connectivity index (χ0v) is 35.5. The van der Waals surface area contributed by atoms with E-state index >= 15 is 9.59 Å². The zero-order chi connectivity index (χ0) is 40.9. The van der Waals surface area contributed by atoms with Gasteiger partial charge in [-0.25, -0.2) is 0 Å². The maximum atomic E-state index is 15.0. The normalized spacial score (nSPS) is 11.6. The molecular weight excluding hydrogens is 749 g/mol. The first kappa shape index (κ1) is 40.4. The van der Waals surface area contributed by atoms with Gasteiger partial charge in [0.25, 0.3) is 0 Å². The second-order valence-electron chi connectivity index (χ2n) is 16.2. The fourth-order valence-corrected chi connectivity index (χ4v) is 8.33. The third kappa shape index (κ3) is 9.31. The largest absolute Gasteiger partial charge is 0.310 e. The van der Waals surface area contributed by atoms with Crippen LogP contribution in [-0.2, 0) is 10.8 Å². The number of rotatable bonds is 10. The smallest absolute Gasteiger partial charge is 0.226 e. The van der Waals surface area contributed by atoms with Crippen molar-refractivity contribution in [2.45, 2.75) is 62.2 Å². The van der Waals surface area contributed by atoms with E-state index < -0.39 is 0 Å². The lowest BCUT2D eigenvalue weighted by Gasteiger charge is -2.31. The van der Waals surface area contributed by atoms with Gasteiger partial charge >= 0.3 is 0 Å². The molecule has 6 heteroatoms. The highest BCUT2D eigenvalue weighted by Crippen LogP contribution is 2.46. The molecule has 0 aliphatic heterocycles. The van der Waals surface area contributed by atoms with Gasteiger partial charge in [-0.3, -0.25) is 9.59 Å². The number of benzene rings is 7. The fraction of sp³-hybridized carbons (Fsp3) is 0.154. The summed E-state index contributed by atoms with van der Waals surface area (Å²) in [7, 11) is 0. The highest BCUT2D eigenvalue weighted by molar-refractivity contribution is 8.14. The molecule has 7 aromatic rings. The first-order valence-corrected chi connectivity index (χ1v) is 21.1. The first-order valence-electron chi connectivity index (χ1n) is 19.5. The van der Waals surface area contributed by atoms with E-state index in [-0.39, 0.29) is 21.1 Å². The maximum absolute atomic E-state index is 15.0. The highest BCUT2D eigenvalue weighted by atomic mass is 32.2. The molecular formula is C52H48N2O2S2. The topological polar surface area (TPSA) is 40.6 Å². The maximum Gasteiger partial charge on any atom is 0.226 e. The molecule has 0 saturated heterocycles. The summed E-state index contributed by atoms with van der Waals surface area (Å²) in [6, 6.07) is 60.4. The van der Waals surface area contributed by atoms with Gasteiger partial charge in [0.2, 0.25) is 10.2 Å². The lowest BCUT2D eigenvalue weighted by atomic mass is 9.87. The van der Waals surface area contributed by atoms with Crippen molar-refractivity contribution in [3.63, 3.8) is 0 Å². The Morgan fingerprint density at radius 3 is 0.879 bits per heavy atom. The molecule has 0 radical (unpaired) electrons. The number of nitrogens with zero attached hydrogens (tertiary/aromatic N) is 2. The Balaban J connectivity index is 1.48. The summed E-state index contributed by atoms with van der Waals surface area (Å²) in [5.74, 6) is 0. The Kier molecular flexibility index (Phi) is 12.1. The highest BCUT2D eigenvalue weighted by Gasteiger charge is 2.29. The van der Waals surface area contributed by atoms with Crippen LogP contribution in [-0.4, -0.2) is 10.2 Å². The molecule has 0 aliphatic carbocycles. The molecule has 4 nitrogen and oxygen atoms in total. The SMILES string of the molecule is CC(C)(C)c1ccc(SC(=O)c2cc(N(c3ccccc3)c3ccccc3)c(C(=O)Sc3ccc(C(C)(C)C)cc3)cc2N(c2ccccc2)c2ccccc2)cc1. The van der Waals surface area contributed by atoms with E-state index in [9.17, 15) is 0 Å². The monoisotopic (exact) mass is 796 g/mol. The van der Waals surface area contributed by atoms with Crippen molar-refractivity contribution in [1.29, 1.82) is 0 Å². The summed E-state index contributed by atoms with van der Waals surface area (Å²) in [5.41, 5.74) is 7.97. The standard InChI is InChI=1S/C52H48N2O2S2/c1-51(2,3)37-27-31-43(32-28-37)57-49(55)45-35-48(54(41-23-15-9-16-24-41)42-25-17-10-18-26-42)46(50(56)58-44-33-29-38(30-34-44)52(4,5)6)36-47(45)53(39-19-11-7-12-20-39)40-21-13-8-14-22-40/h7-36H,1-6H3. The number of anilines is 6. The molecule has 0 heterocycles. The second kappa shape index (κ2) is 17.4. The van der Waals surface area contributed by atoms with Crippen LogP contribution in [0.3, 0.4) is 0 Å². The predicted molar refractivity (Wildman–Crippen MR) is 246 cm³/mol. The van der Waals surface area contributed by atoms with Gasteiger partial charge in [0.1, 0.15) is 0 Å². The van der Waals surface area contributed by atoms with Gasteiger partial charge in [0.15, 0.2) is 0 Å². The molecule has 0 amide bonds. The minimum absolute atomic E-state index is 0.0194. The molecule has 0 N–H and O–H groups in total. The van der Waals surface area contributed by atoms with Crippen LogP contribution in [0.2, 0.25) is 0 Å². The van der Waals surface area contributed by atoms with Gasteiger partial charge in [0, 0.05) is 32.5 Å². The van der Waals surface area contributed by atoms with Crippen LogP contribution in [0.15, 0.2) is 192 Å². The third-order valence-corrected chi connectivity index (χ3v) is 11.8. The van der Waals surface area contributed by atoms with E-state index in [2.05, 4.69) is 75.6 Å². The average Bonchev–Trinajstić information content (AvgIpc) is 3.22. The molecule has 0 unspecified atom stereocenters. The van der Waals surface area contributed by atoms with Crippen molar-refractivity contribution in [2.75, 3.05) is 9.80 Å². The van der Waals surface area contributed by atoms with Crippen molar-refractivity contribution in [3.8, 4) is 0 Å². The van der Waals surface area contributed by atoms with Crippen LogP contribution in [0, 0.1) is 0 Å². The third-order valence-electron chi connectivity index (χ3n) is 9.96. The van der Waals surface area contributed by atoms with E-state index in [1.54, 1.807) is 0 Å². The minimum Gasteiger partial charge on any atom is -0.310 e. The van der Waals surface area contributed by atoms with Crippen LogP contribution in [0.5, 0.6) is 0 Å². The average molecular weight is 797 g/mol. The predicted octanol–water partition coefficient (Wildman–Crippen LogP) is 15.1. The quantitative estimate of drug-likeness (QED) is 0.128. The number of carbonyl (C=O) groups is 2. The van der Waals surface area contributed by atoms with Gasteiger partial charge in [-0.1, -0.05) is 139 Å². The summed E-state index contributed by atoms with van der Waals surface area (Å²) >= 11 is 2.39. The molecule has 290 valence electrons. The Morgan fingerprint density at radius 1 is 0.379 bits per heavy atom. The Hall–Kier alpha value is -5.82. The summed E-state index contributed by atoms with van der Waals surface area (Å²) in [4.78, 5) is 35.9. The van der Waals surface area contributed by atoms with Crippen LogP contribution in [0.1, 0.15) is 73.4 Å². The number of hydrogen-bond donors (Lipinski definition) is 0. The van der Waals surface area contributed by atoms with E-state index in [0.717, 1.165) is 32.5 Å². The molecule has 0 aliphatic rings. The van der Waals surface area contributed by atoms with Gasteiger partial charge in [-0.15, -0.1) is 0 Å². The zero-order valence-electron chi connectivity index (χ0n) is 33.8. The molecule has 0 saturated carbocycles. The fourth-order valence-electron chi connectivity index (χ4n) is 6.81. The van der Waals surface area contributed by atoms with Crippen molar-refractivity contribution in [1.82, 2.24) is 0 Å². The second-order valence-corrected chi connectivity index (χ2v) is 18.3. The van der Waals surface area contributed by atoms with Gasteiger partial charge in [-0.05, 0) is 130 Å². The van der Waals surface area contributed by atoms with Crippen LogP contribution < -0.4 is 9.80 Å². The molecule has 58 heavy (non-hydrogen) atoms. The van der Waals surface area contributed by atoms with E-state index in [1.165, 1.54) is 34.7 Å². The van der Waals surface area contributed by atoms with Crippen LogP contribution >= 0.6 is 23.5 Å².